The molecule has 0 radical (unpaired) electrons. The van der Waals surface area contributed by atoms with Crippen LogP contribution in [-0.4, -0.2) is 33.3 Å². The Morgan fingerprint density at radius 2 is 1.76 bits per heavy atom. The van der Waals surface area contributed by atoms with Gasteiger partial charge in [-0.05, 0) is 12.1 Å². The molecule has 0 aliphatic carbocycles. The summed E-state index contributed by atoms with van der Waals surface area (Å²) in [5.74, 6) is -0.532. The second-order valence-corrected chi connectivity index (χ2v) is 4.07. The van der Waals surface area contributed by atoms with Gasteiger partial charge in [-0.3, -0.25) is 0 Å². The molecule has 1 heterocycles. The molecule has 21 heavy (non-hydrogen) atoms. The Labute approximate surface area is 121 Å². The van der Waals surface area contributed by atoms with E-state index >= 15 is 0 Å². The lowest BCUT2D eigenvalue weighted by molar-refractivity contribution is 0.0557. The number of methoxy groups -OCH3 is 3. The first-order valence-electron chi connectivity index (χ1n) is 6.05. The molecule has 6 nitrogen and oxygen atoms in total. The highest BCUT2D eigenvalue weighted by atomic mass is 16.5. The number of carbonyl (C=O) groups is 2. The van der Waals surface area contributed by atoms with Gasteiger partial charge in [0.1, 0.15) is 28.9 Å². The van der Waals surface area contributed by atoms with Crippen LogP contribution in [-0.2, 0) is 9.47 Å². The van der Waals surface area contributed by atoms with Crippen LogP contribution in [0.1, 0.15) is 20.7 Å². The van der Waals surface area contributed by atoms with E-state index in [0.29, 0.717) is 11.3 Å². The molecule has 0 aliphatic heterocycles. The first-order chi connectivity index (χ1) is 10.1. The first-order valence-corrected chi connectivity index (χ1v) is 6.05. The second kappa shape index (κ2) is 6.13. The van der Waals surface area contributed by atoms with Crippen LogP contribution in [0.15, 0.2) is 34.9 Å². The summed E-state index contributed by atoms with van der Waals surface area (Å²) in [6.45, 7) is 0. The summed E-state index contributed by atoms with van der Waals surface area (Å²) >= 11 is 0. The maximum Gasteiger partial charge on any atom is 0.342 e. The summed E-state index contributed by atoms with van der Waals surface area (Å²) in [7, 11) is 3.98. The molecule has 1 aromatic carbocycles. The van der Waals surface area contributed by atoms with E-state index in [2.05, 4.69) is 4.74 Å². The quantitative estimate of drug-likeness (QED) is 0.805. The molecule has 2 rings (SSSR count). The van der Waals surface area contributed by atoms with E-state index < -0.39 is 11.9 Å². The van der Waals surface area contributed by atoms with E-state index in [4.69, 9.17) is 13.9 Å². The topological polar surface area (TPSA) is 75.0 Å². The van der Waals surface area contributed by atoms with E-state index in [1.54, 1.807) is 24.3 Å². The van der Waals surface area contributed by atoms with Crippen molar-refractivity contribution in [1.82, 2.24) is 0 Å². The third-order valence-corrected chi connectivity index (χ3v) is 2.92. The van der Waals surface area contributed by atoms with Crippen LogP contribution in [0.25, 0.3) is 11.3 Å². The molecule has 0 unspecified atom stereocenters. The fraction of sp³-hybridized carbons (Fsp3) is 0.200. The van der Waals surface area contributed by atoms with Gasteiger partial charge in [0.15, 0.2) is 0 Å². The fourth-order valence-corrected chi connectivity index (χ4v) is 1.90. The lowest BCUT2D eigenvalue weighted by atomic mass is 10.1. The minimum atomic E-state index is -0.679. The Hall–Kier alpha value is -2.76. The van der Waals surface area contributed by atoms with Crippen molar-refractivity contribution in [2.75, 3.05) is 21.3 Å². The van der Waals surface area contributed by atoms with Gasteiger partial charge in [0.25, 0.3) is 0 Å². The Bertz CT molecular complexity index is 671. The molecule has 110 valence electrons. The summed E-state index contributed by atoms with van der Waals surface area (Å²) in [6.07, 6.45) is 1.17. The third-order valence-electron chi connectivity index (χ3n) is 2.92. The zero-order valence-electron chi connectivity index (χ0n) is 11.8. The number of esters is 2. The number of hydrogen-bond donors (Lipinski definition) is 0. The average molecular weight is 290 g/mol. The molecular weight excluding hydrogens is 276 g/mol. The van der Waals surface area contributed by atoms with Crippen LogP contribution in [0.2, 0.25) is 0 Å². The molecule has 0 N–H and O–H groups in total. The van der Waals surface area contributed by atoms with Gasteiger partial charge in [0, 0.05) is 5.56 Å². The zero-order chi connectivity index (χ0) is 15.4. The van der Waals surface area contributed by atoms with Gasteiger partial charge in [-0.25, -0.2) is 9.59 Å². The molecule has 0 saturated carbocycles. The third kappa shape index (κ3) is 2.74. The van der Waals surface area contributed by atoms with E-state index in [9.17, 15) is 9.59 Å². The van der Waals surface area contributed by atoms with Crippen LogP contribution in [0.5, 0.6) is 5.75 Å². The van der Waals surface area contributed by atoms with Crippen molar-refractivity contribution in [3.63, 3.8) is 0 Å². The number of hydrogen-bond acceptors (Lipinski definition) is 6. The van der Waals surface area contributed by atoms with Crippen molar-refractivity contribution >= 4 is 11.9 Å². The SMILES string of the molecule is COC(=O)c1coc(-c2cccc(OC)c2)c1C(=O)OC. The highest BCUT2D eigenvalue weighted by Crippen LogP contribution is 2.31. The van der Waals surface area contributed by atoms with Crippen molar-refractivity contribution < 1.29 is 28.2 Å². The van der Waals surface area contributed by atoms with E-state index in [0.717, 1.165) is 0 Å². The number of carbonyl (C=O) groups excluding carboxylic acids is 2. The van der Waals surface area contributed by atoms with Crippen molar-refractivity contribution in [1.29, 1.82) is 0 Å². The van der Waals surface area contributed by atoms with E-state index in [-0.39, 0.29) is 16.9 Å². The molecular formula is C15H14O6. The monoisotopic (exact) mass is 290 g/mol. The fourth-order valence-electron chi connectivity index (χ4n) is 1.90. The van der Waals surface area contributed by atoms with Gasteiger partial charge >= 0.3 is 11.9 Å². The highest BCUT2D eigenvalue weighted by Gasteiger charge is 2.27. The molecule has 0 saturated heterocycles. The van der Waals surface area contributed by atoms with Gasteiger partial charge in [-0.15, -0.1) is 0 Å². The molecule has 0 bridgehead atoms. The van der Waals surface area contributed by atoms with Crippen molar-refractivity contribution in [2.45, 2.75) is 0 Å². The molecule has 0 spiro atoms. The summed E-state index contributed by atoms with van der Waals surface area (Å²) in [4.78, 5) is 23.7. The number of benzene rings is 1. The second-order valence-electron chi connectivity index (χ2n) is 4.07. The molecule has 0 atom stereocenters. The van der Waals surface area contributed by atoms with Crippen LogP contribution >= 0.6 is 0 Å². The van der Waals surface area contributed by atoms with Crippen molar-refractivity contribution in [2.24, 2.45) is 0 Å². The summed E-state index contributed by atoms with van der Waals surface area (Å²) in [6, 6.07) is 6.92. The zero-order valence-corrected chi connectivity index (χ0v) is 11.8. The minimum absolute atomic E-state index is 0.0159. The van der Waals surface area contributed by atoms with Gasteiger partial charge in [-0.2, -0.15) is 0 Å². The standard InChI is InChI=1S/C15H14O6/c1-18-10-6-4-5-9(7-10)13-12(15(17)20-3)11(8-21-13)14(16)19-2/h4-8H,1-3H3. The van der Waals surface area contributed by atoms with Crippen LogP contribution in [0.3, 0.4) is 0 Å². The number of furan rings is 1. The number of ether oxygens (including phenoxy) is 3. The molecule has 0 amide bonds. The summed E-state index contributed by atoms with van der Waals surface area (Å²) < 4.78 is 19.8. The van der Waals surface area contributed by atoms with E-state index in [1.807, 2.05) is 0 Å². The minimum Gasteiger partial charge on any atom is -0.497 e. The normalized spacial score (nSPS) is 10.0. The number of rotatable bonds is 4. The lowest BCUT2D eigenvalue weighted by Crippen LogP contribution is -2.10. The smallest absolute Gasteiger partial charge is 0.342 e. The maximum absolute atomic E-state index is 11.9. The molecule has 0 aliphatic rings. The molecule has 2 aromatic rings. The average Bonchev–Trinajstić information content (AvgIpc) is 2.98. The molecule has 6 heteroatoms. The Balaban J connectivity index is 2.60. The largest absolute Gasteiger partial charge is 0.497 e. The van der Waals surface area contributed by atoms with Gasteiger partial charge in [0.2, 0.25) is 0 Å². The maximum atomic E-state index is 11.9. The summed E-state index contributed by atoms with van der Waals surface area (Å²) in [5, 5.41) is 0. The summed E-state index contributed by atoms with van der Waals surface area (Å²) in [5.41, 5.74) is 0.629. The Kier molecular flexibility index (Phi) is 4.27. The molecule has 1 aromatic heterocycles. The van der Waals surface area contributed by atoms with Crippen LogP contribution < -0.4 is 4.74 Å². The van der Waals surface area contributed by atoms with Gasteiger partial charge in [-0.1, -0.05) is 12.1 Å². The van der Waals surface area contributed by atoms with Gasteiger partial charge in [0.05, 0.1) is 21.3 Å². The lowest BCUT2D eigenvalue weighted by Gasteiger charge is -2.05. The highest BCUT2D eigenvalue weighted by molar-refractivity contribution is 6.07. The van der Waals surface area contributed by atoms with Crippen molar-refractivity contribution in [3.05, 3.63) is 41.7 Å². The molecule has 0 fully saturated rings. The predicted molar refractivity (Wildman–Crippen MR) is 73.4 cm³/mol. The predicted octanol–water partition coefficient (Wildman–Crippen LogP) is 2.53. The van der Waals surface area contributed by atoms with Crippen molar-refractivity contribution in [3.8, 4) is 17.1 Å². The van der Waals surface area contributed by atoms with Crippen LogP contribution in [0, 0.1) is 0 Å². The first kappa shape index (κ1) is 14.6. The van der Waals surface area contributed by atoms with Crippen LogP contribution in [0.4, 0.5) is 0 Å². The van der Waals surface area contributed by atoms with Gasteiger partial charge < -0.3 is 18.6 Å². The Morgan fingerprint density at radius 1 is 1.05 bits per heavy atom. The Morgan fingerprint density at radius 3 is 2.38 bits per heavy atom. The van der Waals surface area contributed by atoms with E-state index in [1.165, 1.54) is 27.6 Å².